The maximum absolute atomic E-state index is 9.79. The normalized spacial score (nSPS) is 14.2. The van der Waals surface area contributed by atoms with Crippen LogP contribution in [0.15, 0.2) is 16.7 Å². The highest BCUT2D eigenvalue weighted by atomic mass is 16.5. The number of phenols is 1. The molecule has 2 atom stereocenters. The smallest absolute Gasteiger partial charge is 0.244 e. The van der Waals surface area contributed by atoms with Gasteiger partial charge in [-0.2, -0.15) is 4.98 Å². The van der Waals surface area contributed by atoms with Crippen molar-refractivity contribution in [1.82, 2.24) is 10.1 Å². The maximum atomic E-state index is 9.79. The Labute approximate surface area is 118 Å². The zero-order chi connectivity index (χ0) is 14.9. The molecule has 5 heteroatoms. The molecule has 0 aliphatic rings. The molecule has 2 rings (SSSR count). The van der Waals surface area contributed by atoms with E-state index < -0.39 is 0 Å². The summed E-state index contributed by atoms with van der Waals surface area (Å²) in [7, 11) is 0. The summed E-state index contributed by atoms with van der Waals surface area (Å²) in [5.74, 6) is 1.54. The van der Waals surface area contributed by atoms with Gasteiger partial charge in [-0.1, -0.05) is 25.4 Å². The predicted octanol–water partition coefficient (Wildman–Crippen LogP) is 3.10. The number of aromatic nitrogens is 2. The van der Waals surface area contributed by atoms with Crippen molar-refractivity contribution in [1.29, 1.82) is 0 Å². The number of hydrogen-bond donors (Lipinski definition) is 2. The van der Waals surface area contributed by atoms with Gasteiger partial charge in [0.05, 0.1) is 6.04 Å². The number of nitrogens with two attached hydrogens (primary N) is 1. The molecule has 0 fully saturated rings. The van der Waals surface area contributed by atoms with Gasteiger partial charge in [0.1, 0.15) is 5.75 Å². The second-order valence-corrected chi connectivity index (χ2v) is 5.33. The monoisotopic (exact) mass is 275 g/mol. The van der Waals surface area contributed by atoms with Crippen molar-refractivity contribution in [2.24, 2.45) is 11.7 Å². The molecule has 0 saturated carbocycles. The van der Waals surface area contributed by atoms with Crippen LogP contribution in [0.2, 0.25) is 0 Å². The molecular weight excluding hydrogens is 254 g/mol. The fourth-order valence-electron chi connectivity index (χ4n) is 2.07. The average Bonchev–Trinajstić information content (AvgIpc) is 2.92. The summed E-state index contributed by atoms with van der Waals surface area (Å²) in [6.45, 7) is 7.83. The topological polar surface area (TPSA) is 85.2 Å². The van der Waals surface area contributed by atoms with Gasteiger partial charge >= 0.3 is 0 Å². The summed E-state index contributed by atoms with van der Waals surface area (Å²) in [6, 6.07) is 3.43. The van der Waals surface area contributed by atoms with Crippen LogP contribution in [0.4, 0.5) is 0 Å². The number of nitrogens with zero attached hydrogens (tertiary/aromatic N) is 2. The van der Waals surface area contributed by atoms with Gasteiger partial charge in [0.2, 0.25) is 11.7 Å². The van der Waals surface area contributed by atoms with E-state index in [2.05, 4.69) is 24.0 Å². The molecule has 0 spiro atoms. The van der Waals surface area contributed by atoms with Crippen LogP contribution in [0.3, 0.4) is 0 Å². The summed E-state index contributed by atoms with van der Waals surface area (Å²) in [6.07, 6.45) is 0.955. The van der Waals surface area contributed by atoms with E-state index in [0.29, 0.717) is 17.5 Å². The van der Waals surface area contributed by atoms with E-state index in [4.69, 9.17) is 10.3 Å². The Morgan fingerprint density at radius 1 is 1.30 bits per heavy atom. The molecule has 0 aliphatic heterocycles. The van der Waals surface area contributed by atoms with Crippen molar-refractivity contribution in [2.45, 2.75) is 40.2 Å². The third kappa shape index (κ3) is 2.67. The zero-order valence-corrected chi connectivity index (χ0v) is 12.3. The Morgan fingerprint density at radius 3 is 2.45 bits per heavy atom. The van der Waals surface area contributed by atoms with Crippen molar-refractivity contribution < 1.29 is 9.63 Å². The minimum absolute atomic E-state index is 0.249. The Bertz CT molecular complexity index is 584. The summed E-state index contributed by atoms with van der Waals surface area (Å²) in [5, 5.41) is 13.8. The summed E-state index contributed by atoms with van der Waals surface area (Å²) in [4.78, 5) is 4.38. The number of benzene rings is 1. The highest BCUT2D eigenvalue weighted by Crippen LogP contribution is 2.29. The van der Waals surface area contributed by atoms with Gasteiger partial charge in [-0.3, -0.25) is 0 Å². The van der Waals surface area contributed by atoms with Gasteiger partial charge in [-0.15, -0.1) is 0 Å². The number of aromatic hydroxyl groups is 1. The number of phenolic OH excluding ortho intramolecular Hbond substituents is 1. The van der Waals surface area contributed by atoms with Gasteiger partial charge in [-0.25, -0.2) is 0 Å². The van der Waals surface area contributed by atoms with Crippen LogP contribution in [-0.2, 0) is 0 Å². The fourth-order valence-corrected chi connectivity index (χ4v) is 2.07. The number of aryl methyl sites for hydroxylation is 2. The molecular formula is C15H21N3O2. The number of hydrogen-bond acceptors (Lipinski definition) is 5. The van der Waals surface area contributed by atoms with E-state index in [1.165, 1.54) is 0 Å². The first-order valence-electron chi connectivity index (χ1n) is 6.83. The predicted molar refractivity (Wildman–Crippen MR) is 77.3 cm³/mol. The Balaban J connectivity index is 2.34. The molecule has 0 aliphatic carbocycles. The lowest BCUT2D eigenvalue weighted by Gasteiger charge is -2.13. The summed E-state index contributed by atoms with van der Waals surface area (Å²) in [5.41, 5.74) is 8.49. The van der Waals surface area contributed by atoms with Crippen molar-refractivity contribution in [3.63, 3.8) is 0 Å². The van der Waals surface area contributed by atoms with Gasteiger partial charge in [-0.05, 0) is 43.0 Å². The molecule has 0 saturated heterocycles. The van der Waals surface area contributed by atoms with Crippen LogP contribution in [0, 0.1) is 19.8 Å². The molecule has 3 N–H and O–H groups in total. The van der Waals surface area contributed by atoms with E-state index in [1.54, 1.807) is 0 Å². The summed E-state index contributed by atoms with van der Waals surface area (Å²) < 4.78 is 5.27. The molecule has 1 heterocycles. The van der Waals surface area contributed by atoms with Gasteiger partial charge in [0.15, 0.2) is 0 Å². The lowest BCUT2D eigenvalue weighted by atomic mass is 10.0. The first-order valence-corrected chi connectivity index (χ1v) is 6.83. The standard InChI is InChI=1S/C15H21N3O2/c1-5-8(2)12(16)15-17-14(18-20-15)11-6-9(3)13(19)10(4)7-11/h6-8,12,19H,5,16H2,1-4H3/t8?,12-/m0/s1. The lowest BCUT2D eigenvalue weighted by Crippen LogP contribution is -2.18. The molecule has 5 nitrogen and oxygen atoms in total. The van der Waals surface area contributed by atoms with Crippen molar-refractivity contribution >= 4 is 0 Å². The van der Waals surface area contributed by atoms with Crippen molar-refractivity contribution in [2.75, 3.05) is 0 Å². The summed E-state index contributed by atoms with van der Waals surface area (Å²) >= 11 is 0. The molecule has 1 aromatic heterocycles. The first kappa shape index (κ1) is 14.5. The second kappa shape index (κ2) is 5.63. The molecule has 2 aromatic rings. The fraction of sp³-hybridized carbons (Fsp3) is 0.467. The third-order valence-corrected chi connectivity index (χ3v) is 3.73. The van der Waals surface area contributed by atoms with Crippen LogP contribution in [0.25, 0.3) is 11.4 Å². The van der Waals surface area contributed by atoms with Crippen LogP contribution in [0.1, 0.15) is 43.3 Å². The first-order chi connectivity index (χ1) is 9.43. The van der Waals surface area contributed by atoms with E-state index in [-0.39, 0.29) is 12.0 Å². The van der Waals surface area contributed by atoms with E-state index in [0.717, 1.165) is 23.1 Å². The highest BCUT2D eigenvalue weighted by molar-refractivity contribution is 5.60. The molecule has 108 valence electrons. The molecule has 1 unspecified atom stereocenters. The zero-order valence-electron chi connectivity index (χ0n) is 12.3. The SMILES string of the molecule is CCC(C)[C@H](N)c1nc(-c2cc(C)c(O)c(C)c2)no1. The quantitative estimate of drug-likeness (QED) is 0.895. The largest absolute Gasteiger partial charge is 0.507 e. The number of rotatable bonds is 4. The molecule has 1 aromatic carbocycles. The van der Waals surface area contributed by atoms with Gasteiger partial charge < -0.3 is 15.4 Å². The van der Waals surface area contributed by atoms with Crippen LogP contribution < -0.4 is 5.73 Å². The molecule has 0 amide bonds. The molecule has 0 radical (unpaired) electrons. The molecule has 20 heavy (non-hydrogen) atoms. The van der Waals surface area contributed by atoms with E-state index in [9.17, 15) is 5.11 Å². The maximum Gasteiger partial charge on any atom is 0.244 e. The van der Waals surface area contributed by atoms with Gasteiger partial charge in [0, 0.05) is 5.56 Å². The van der Waals surface area contributed by atoms with Crippen LogP contribution >= 0.6 is 0 Å². The average molecular weight is 275 g/mol. The Hall–Kier alpha value is -1.88. The Kier molecular flexibility index (Phi) is 4.09. The van der Waals surface area contributed by atoms with Crippen molar-refractivity contribution in [3.05, 3.63) is 29.2 Å². The lowest BCUT2D eigenvalue weighted by molar-refractivity contribution is 0.312. The third-order valence-electron chi connectivity index (χ3n) is 3.73. The minimum atomic E-state index is -0.249. The minimum Gasteiger partial charge on any atom is -0.507 e. The van der Waals surface area contributed by atoms with Crippen LogP contribution in [0.5, 0.6) is 5.75 Å². The Morgan fingerprint density at radius 2 is 1.90 bits per heavy atom. The van der Waals surface area contributed by atoms with Crippen molar-refractivity contribution in [3.8, 4) is 17.1 Å². The van der Waals surface area contributed by atoms with E-state index in [1.807, 2.05) is 26.0 Å². The van der Waals surface area contributed by atoms with E-state index >= 15 is 0 Å². The second-order valence-electron chi connectivity index (χ2n) is 5.33. The highest BCUT2D eigenvalue weighted by Gasteiger charge is 2.20. The van der Waals surface area contributed by atoms with Gasteiger partial charge in [0.25, 0.3) is 0 Å². The van der Waals surface area contributed by atoms with Crippen LogP contribution in [-0.4, -0.2) is 15.2 Å². The molecule has 0 bridgehead atoms.